The quantitative estimate of drug-likeness (QED) is 0.613. The van der Waals surface area contributed by atoms with Crippen LogP contribution in [-0.2, 0) is 4.79 Å². The largest absolute Gasteiger partial charge is 0.356 e. The highest BCUT2D eigenvalue weighted by molar-refractivity contribution is 5.84. The summed E-state index contributed by atoms with van der Waals surface area (Å²) < 4.78 is 0. The molecule has 1 aliphatic heterocycles. The molecular formula is C18H30N6O. The SMILES string of the molecule is CCNC(=O)C(C)(C)CNC(=NC)N1CCN(c2ccccn2)CC1. The van der Waals surface area contributed by atoms with Crippen LogP contribution in [0.4, 0.5) is 5.82 Å². The van der Waals surface area contributed by atoms with Crippen molar-refractivity contribution in [2.24, 2.45) is 10.4 Å². The molecule has 2 N–H and O–H groups in total. The summed E-state index contributed by atoms with van der Waals surface area (Å²) in [5.74, 6) is 1.92. The number of aromatic nitrogens is 1. The van der Waals surface area contributed by atoms with Crippen LogP contribution < -0.4 is 15.5 Å². The lowest BCUT2D eigenvalue weighted by Crippen LogP contribution is -2.54. The van der Waals surface area contributed by atoms with Gasteiger partial charge in [-0.05, 0) is 32.9 Å². The van der Waals surface area contributed by atoms with Crippen molar-refractivity contribution in [2.45, 2.75) is 20.8 Å². The molecule has 0 aliphatic carbocycles. The van der Waals surface area contributed by atoms with Gasteiger partial charge in [-0.25, -0.2) is 4.98 Å². The summed E-state index contributed by atoms with van der Waals surface area (Å²) in [5, 5.41) is 6.24. The van der Waals surface area contributed by atoms with Crippen LogP contribution in [0.25, 0.3) is 0 Å². The smallest absolute Gasteiger partial charge is 0.227 e. The van der Waals surface area contributed by atoms with E-state index in [1.54, 1.807) is 7.05 Å². The van der Waals surface area contributed by atoms with Gasteiger partial charge in [-0.3, -0.25) is 9.79 Å². The molecule has 0 radical (unpaired) electrons. The number of aliphatic imine (C=N–C) groups is 1. The zero-order valence-corrected chi connectivity index (χ0v) is 15.7. The maximum absolute atomic E-state index is 12.1. The van der Waals surface area contributed by atoms with Crippen LogP contribution in [0.15, 0.2) is 29.4 Å². The van der Waals surface area contributed by atoms with Crippen molar-refractivity contribution < 1.29 is 4.79 Å². The van der Waals surface area contributed by atoms with Crippen LogP contribution in [0, 0.1) is 5.41 Å². The third kappa shape index (κ3) is 5.08. The van der Waals surface area contributed by atoms with E-state index < -0.39 is 5.41 Å². The van der Waals surface area contributed by atoms with E-state index in [9.17, 15) is 4.79 Å². The molecule has 1 aliphatic rings. The van der Waals surface area contributed by atoms with Gasteiger partial charge in [-0.1, -0.05) is 6.07 Å². The van der Waals surface area contributed by atoms with Crippen molar-refractivity contribution >= 4 is 17.7 Å². The summed E-state index contributed by atoms with van der Waals surface area (Å²) >= 11 is 0. The van der Waals surface area contributed by atoms with Crippen molar-refractivity contribution in [2.75, 3.05) is 51.2 Å². The van der Waals surface area contributed by atoms with E-state index in [4.69, 9.17) is 0 Å². The number of carbonyl (C=O) groups excluding carboxylic acids is 1. The highest BCUT2D eigenvalue weighted by atomic mass is 16.2. The molecule has 1 aromatic heterocycles. The molecule has 0 bridgehead atoms. The van der Waals surface area contributed by atoms with Crippen molar-refractivity contribution in [1.82, 2.24) is 20.5 Å². The topological polar surface area (TPSA) is 72.9 Å². The first-order chi connectivity index (χ1) is 12.0. The van der Waals surface area contributed by atoms with Gasteiger partial charge in [-0.2, -0.15) is 0 Å². The minimum atomic E-state index is -0.484. The van der Waals surface area contributed by atoms with Crippen LogP contribution in [0.1, 0.15) is 20.8 Å². The van der Waals surface area contributed by atoms with E-state index in [1.807, 2.05) is 45.2 Å². The first kappa shape index (κ1) is 19.0. The molecule has 1 fully saturated rings. The highest BCUT2D eigenvalue weighted by Crippen LogP contribution is 2.15. The summed E-state index contributed by atoms with van der Waals surface area (Å²) in [4.78, 5) is 25.4. The lowest BCUT2D eigenvalue weighted by Gasteiger charge is -2.37. The summed E-state index contributed by atoms with van der Waals surface area (Å²) in [6.45, 7) is 10.6. The Labute approximate surface area is 150 Å². The molecule has 7 nitrogen and oxygen atoms in total. The molecule has 0 aromatic carbocycles. The number of piperazine rings is 1. The van der Waals surface area contributed by atoms with Gasteiger partial charge in [0.05, 0.1) is 5.41 Å². The Morgan fingerprint density at radius 2 is 1.96 bits per heavy atom. The number of carbonyl (C=O) groups is 1. The fourth-order valence-electron chi connectivity index (χ4n) is 2.80. The Balaban J connectivity index is 1.87. The van der Waals surface area contributed by atoms with Crippen LogP contribution >= 0.6 is 0 Å². The van der Waals surface area contributed by atoms with Gasteiger partial charge in [0, 0.05) is 52.5 Å². The molecule has 138 valence electrons. The molecule has 1 aromatic rings. The summed E-state index contributed by atoms with van der Waals surface area (Å²) in [7, 11) is 1.78. The van der Waals surface area contributed by atoms with Crippen molar-refractivity contribution in [1.29, 1.82) is 0 Å². The first-order valence-corrected chi connectivity index (χ1v) is 8.88. The van der Waals surface area contributed by atoms with Gasteiger partial charge in [0.15, 0.2) is 5.96 Å². The van der Waals surface area contributed by atoms with Gasteiger partial charge in [0.25, 0.3) is 0 Å². The molecule has 7 heteroatoms. The minimum absolute atomic E-state index is 0.0536. The number of nitrogens with zero attached hydrogens (tertiary/aromatic N) is 4. The maximum atomic E-state index is 12.1. The van der Waals surface area contributed by atoms with Crippen molar-refractivity contribution in [3.05, 3.63) is 24.4 Å². The Hall–Kier alpha value is -2.31. The number of hydrogen-bond donors (Lipinski definition) is 2. The third-order valence-electron chi connectivity index (χ3n) is 4.40. The molecule has 0 atom stereocenters. The number of amides is 1. The first-order valence-electron chi connectivity index (χ1n) is 8.88. The van der Waals surface area contributed by atoms with E-state index in [2.05, 4.69) is 30.4 Å². The number of pyridine rings is 1. The van der Waals surface area contributed by atoms with E-state index in [0.717, 1.165) is 38.0 Å². The van der Waals surface area contributed by atoms with Gasteiger partial charge < -0.3 is 20.4 Å². The Morgan fingerprint density at radius 1 is 1.24 bits per heavy atom. The van der Waals surface area contributed by atoms with E-state index in [0.29, 0.717) is 13.1 Å². The Bertz CT molecular complexity index is 578. The molecule has 0 saturated carbocycles. The Kier molecular flexibility index (Phi) is 6.61. The van der Waals surface area contributed by atoms with Crippen LogP contribution in [0.5, 0.6) is 0 Å². The molecule has 0 spiro atoms. The number of nitrogens with one attached hydrogen (secondary N) is 2. The van der Waals surface area contributed by atoms with Gasteiger partial charge in [-0.15, -0.1) is 0 Å². The molecule has 1 amide bonds. The normalized spacial score (nSPS) is 15.9. The third-order valence-corrected chi connectivity index (χ3v) is 4.40. The monoisotopic (exact) mass is 346 g/mol. The minimum Gasteiger partial charge on any atom is -0.356 e. The van der Waals surface area contributed by atoms with Crippen LogP contribution in [0.3, 0.4) is 0 Å². The molecule has 2 heterocycles. The lowest BCUT2D eigenvalue weighted by atomic mass is 9.92. The molecule has 25 heavy (non-hydrogen) atoms. The summed E-state index contributed by atoms with van der Waals surface area (Å²) in [5.41, 5.74) is -0.484. The predicted octanol–water partition coefficient (Wildman–Crippen LogP) is 0.941. The number of rotatable bonds is 5. The lowest BCUT2D eigenvalue weighted by molar-refractivity contribution is -0.128. The summed E-state index contributed by atoms with van der Waals surface area (Å²) in [6, 6.07) is 5.98. The fourth-order valence-corrected chi connectivity index (χ4v) is 2.80. The predicted molar refractivity (Wildman–Crippen MR) is 102 cm³/mol. The Morgan fingerprint density at radius 3 is 2.52 bits per heavy atom. The van der Waals surface area contributed by atoms with Crippen LogP contribution in [-0.4, -0.2) is 68.1 Å². The second-order valence-corrected chi connectivity index (χ2v) is 6.81. The van der Waals surface area contributed by atoms with Crippen LogP contribution in [0.2, 0.25) is 0 Å². The highest BCUT2D eigenvalue weighted by Gasteiger charge is 2.28. The standard InChI is InChI=1S/C18H30N6O/c1-5-20-16(25)18(2,3)14-22-17(19-4)24-12-10-23(11-13-24)15-8-6-7-9-21-15/h6-9H,5,10-14H2,1-4H3,(H,19,22)(H,20,25). The van der Waals surface area contributed by atoms with Gasteiger partial charge in [0.2, 0.25) is 5.91 Å². The van der Waals surface area contributed by atoms with Crippen molar-refractivity contribution in [3.63, 3.8) is 0 Å². The molecule has 2 rings (SSSR count). The fraction of sp³-hybridized carbons (Fsp3) is 0.611. The number of hydrogen-bond acceptors (Lipinski definition) is 4. The molecular weight excluding hydrogens is 316 g/mol. The average Bonchev–Trinajstić information content (AvgIpc) is 2.63. The average molecular weight is 346 g/mol. The molecule has 1 saturated heterocycles. The maximum Gasteiger partial charge on any atom is 0.227 e. The zero-order valence-electron chi connectivity index (χ0n) is 15.7. The van der Waals surface area contributed by atoms with E-state index >= 15 is 0 Å². The number of guanidine groups is 1. The molecule has 0 unspecified atom stereocenters. The van der Waals surface area contributed by atoms with E-state index in [1.165, 1.54) is 0 Å². The van der Waals surface area contributed by atoms with E-state index in [-0.39, 0.29) is 5.91 Å². The van der Waals surface area contributed by atoms with Gasteiger partial charge in [0.1, 0.15) is 5.82 Å². The summed E-state index contributed by atoms with van der Waals surface area (Å²) in [6.07, 6.45) is 1.83. The van der Waals surface area contributed by atoms with Gasteiger partial charge >= 0.3 is 0 Å². The zero-order chi connectivity index (χ0) is 18.3. The second-order valence-electron chi connectivity index (χ2n) is 6.81. The second kappa shape index (κ2) is 8.69. The number of anilines is 1. The van der Waals surface area contributed by atoms with Crippen molar-refractivity contribution in [3.8, 4) is 0 Å².